The molecule has 26 heavy (non-hydrogen) atoms. The normalized spacial score (nSPS) is 10.7. The molecule has 0 aromatic heterocycles. The molecule has 0 unspecified atom stereocenters. The number of anilines is 1. The summed E-state index contributed by atoms with van der Waals surface area (Å²) >= 11 is 6.02. The molecule has 0 saturated heterocycles. The summed E-state index contributed by atoms with van der Waals surface area (Å²) in [4.78, 5) is 27.8. The van der Waals surface area contributed by atoms with Crippen LogP contribution in [0.2, 0.25) is 5.02 Å². The first-order chi connectivity index (χ1) is 12.4. The Hall–Kier alpha value is -2.37. The maximum atomic E-state index is 12.4. The lowest BCUT2D eigenvalue weighted by molar-refractivity contribution is -0.134. The van der Waals surface area contributed by atoms with Crippen molar-refractivity contribution < 1.29 is 9.59 Å². The van der Waals surface area contributed by atoms with Gasteiger partial charge in [-0.2, -0.15) is 0 Å². The summed E-state index contributed by atoms with van der Waals surface area (Å²) in [5.74, 6) is -0.397. The highest BCUT2D eigenvalue weighted by molar-refractivity contribution is 6.33. The molecule has 2 rings (SSSR count). The second kappa shape index (κ2) is 9.36. The smallest absolute Gasteiger partial charge is 0.244 e. The number of para-hydroxylation sites is 1. The maximum Gasteiger partial charge on any atom is 0.244 e. The zero-order valence-corrected chi connectivity index (χ0v) is 16.1. The van der Waals surface area contributed by atoms with Gasteiger partial charge < -0.3 is 10.2 Å². The molecule has 1 N–H and O–H groups in total. The van der Waals surface area contributed by atoms with E-state index in [1.165, 1.54) is 16.0 Å². The standard InChI is InChI=1S/C20H24ClN3O2/c1-15-8-4-5-9-16(15)12-23(2)14-20(26)24(3)13-19(25)22-18-11-7-6-10-17(18)21/h4-11H,12-14H2,1-3H3,(H,22,25). The summed E-state index contributed by atoms with van der Waals surface area (Å²) in [6.07, 6.45) is 0. The van der Waals surface area contributed by atoms with Gasteiger partial charge in [0.1, 0.15) is 0 Å². The molecule has 0 heterocycles. The Morgan fingerprint density at radius 1 is 1.00 bits per heavy atom. The van der Waals surface area contributed by atoms with Crippen LogP contribution < -0.4 is 5.32 Å². The lowest BCUT2D eigenvalue weighted by Crippen LogP contribution is -2.40. The van der Waals surface area contributed by atoms with Crippen molar-refractivity contribution in [1.29, 1.82) is 0 Å². The second-order valence-electron chi connectivity index (χ2n) is 6.38. The number of halogens is 1. The topological polar surface area (TPSA) is 52.7 Å². The number of nitrogens with one attached hydrogen (secondary N) is 1. The first-order valence-corrected chi connectivity index (χ1v) is 8.76. The predicted octanol–water partition coefficient (Wildman–Crippen LogP) is 3.18. The Balaban J connectivity index is 1.84. The van der Waals surface area contributed by atoms with Crippen LogP contribution in [0.3, 0.4) is 0 Å². The zero-order chi connectivity index (χ0) is 19.1. The Morgan fingerprint density at radius 3 is 2.35 bits per heavy atom. The number of likely N-dealkylation sites (N-methyl/N-ethyl adjacent to an activating group) is 2. The van der Waals surface area contributed by atoms with Gasteiger partial charge in [0.25, 0.3) is 0 Å². The third-order valence-electron chi connectivity index (χ3n) is 4.06. The van der Waals surface area contributed by atoms with E-state index in [9.17, 15) is 9.59 Å². The number of benzene rings is 2. The Bertz CT molecular complexity index is 779. The van der Waals surface area contributed by atoms with Gasteiger partial charge in [-0.05, 0) is 37.2 Å². The van der Waals surface area contributed by atoms with Crippen LogP contribution >= 0.6 is 11.6 Å². The monoisotopic (exact) mass is 373 g/mol. The van der Waals surface area contributed by atoms with Crippen molar-refractivity contribution in [3.05, 3.63) is 64.7 Å². The summed E-state index contributed by atoms with van der Waals surface area (Å²) in [6.45, 7) is 2.95. The highest BCUT2D eigenvalue weighted by atomic mass is 35.5. The Labute approximate surface area is 159 Å². The summed E-state index contributed by atoms with van der Waals surface area (Å²) in [6, 6.07) is 15.1. The molecule has 0 aliphatic carbocycles. The van der Waals surface area contributed by atoms with E-state index in [-0.39, 0.29) is 24.9 Å². The summed E-state index contributed by atoms with van der Waals surface area (Å²) in [7, 11) is 3.51. The van der Waals surface area contributed by atoms with Gasteiger partial charge in [-0.3, -0.25) is 14.5 Å². The third kappa shape index (κ3) is 5.86. The van der Waals surface area contributed by atoms with Crippen molar-refractivity contribution in [3.8, 4) is 0 Å². The SMILES string of the molecule is Cc1ccccc1CN(C)CC(=O)N(C)CC(=O)Nc1ccccc1Cl. The molecule has 6 heteroatoms. The van der Waals surface area contributed by atoms with Gasteiger partial charge in [0.05, 0.1) is 23.8 Å². The van der Waals surface area contributed by atoms with E-state index in [4.69, 9.17) is 11.6 Å². The summed E-state index contributed by atoms with van der Waals surface area (Å²) in [5.41, 5.74) is 2.91. The molecule has 0 fully saturated rings. The van der Waals surface area contributed by atoms with E-state index in [1.807, 2.05) is 24.1 Å². The minimum absolute atomic E-state index is 0.0255. The lowest BCUT2D eigenvalue weighted by atomic mass is 10.1. The lowest BCUT2D eigenvalue weighted by Gasteiger charge is -2.22. The molecule has 0 atom stereocenters. The van der Waals surface area contributed by atoms with Crippen molar-refractivity contribution in [1.82, 2.24) is 9.80 Å². The van der Waals surface area contributed by atoms with E-state index >= 15 is 0 Å². The fourth-order valence-electron chi connectivity index (χ4n) is 2.54. The Kier molecular flexibility index (Phi) is 7.18. The van der Waals surface area contributed by atoms with E-state index < -0.39 is 0 Å². The number of hydrogen-bond donors (Lipinski definition) is 1. The first-order valence-electron chi connectivity index (χ1n) is 8.38. The molecule has 0 aliphatic heterocycles. The van der Waals surface area contributed by atoms with Gasteiger partial charge in [0.15, 0.2) is 0 Å². The van der Waals surface area contributed by atoms with Gasteiger partial charge in [0.2, 0.25) is 11.8 Å². The quantitative estimate of drug-likeness (QED) is 0.811. The number of hydrogen-bond acceptors (Lipinski definition) is 3. The van der Waals surface area contributed by atoms with Crippen LogP contribution in [0.4, 0.5) is 5.69 Å². The van der Waals surface area contributed by atoms with Gasteiger partial charge in [-0.25, -0.2) is 0 Å². The zero-order valence-electron chi connectivity index (χ0n) is 15.3. The van der Waals surface area contributed by atoms with Crippen LogP contribution in [0.25, 0.3) is 0 Å². The van der Waals surface area contributed by atoms with E-state index in [0.717, 1.165) is 0 Å². The van der Waals surface area contributed by atoms with Gasteiger partial charge in [-0.15, -0.1) is 0 Å². The van der Waals surface area contributed by atoms with Crippen LogP contribution in [0.15, 0.2) is 48.5 Å². The van der Waals surface area contributed by atoms with Crippen LogP contribution in [-0.2, 0) is 16.1 Å². The number of aryl methyl sites for hydroxylation is 1. The molecule has 2 aromatic carbocycles. The van der Waals surface area contributed by atoms with E-state index in [2.05, 4.69) is 24.4 Å². The third-order valence-corrected chi connectivity index (χ3v) is 4.39. The highest BCUT2D eigenvalue weighted by Crippen LogP contribution is 2.20. The molecule has 2 aromatic rings. The molecule has 5 nitrogen and oxygen atoms in total. The average molecular weight is 374 g/mol. The van der Waals surface area contributed by atoms with Crippen LogP contribution in [0, 0.1) is 6.92 Å². The van der Waals surface area contributed by atoms with E-state index in [1.54, 1.807) is 31.3 Å². The van der Waals surface area contributed by atoms with Crippen LogP contribution in [0.1, 0.15) is 11.1 Å². The molecule has 0 aliphatic rings. The number of carbonyl (C=O) groups excluding carboxylic acids is 2. The van der Waals surface area contributed by atoms with Crippen LogP contribution in [-0.4, -0.2) is 48.8 Å². The minimum atomic E-state index is -0.282. The second-order valence-corrected chi connectivity index (χ2v) is 6.78. The molecule has 138 valence electrons. The maximum absolute atomic E-state index is 12.4. The van der Waals surface area contributed by atoms with Crippen molar-refractivity contribution in [2.75, 3.05) is 32.5 Å². The van der Waals surface area contributed by atoms with Crippen molar-refractivity contribution >= 4 is 29.1 Å². The van der Waals surface area contributed by atoms with E-state index in [0.29, 0.717) is 17.3 Å². The summed E-state index contributed by atoms with van der Waals surface area (Å²) < 4.78 is 0. The van der Waals surface area contributed by atoms with Crippen molar-refractivity contribution in [2.24, 2.45) is 0 Å². The fourth-order valence-corrected chi connectivity index (χ4v) is 2.72. The fraction of sp³-hybridized carbons (Fsp3) is 0.300. The highest BCUT2D eigenvalue weighted by Gasteiger charge is 2.16. The number of nitrogens with zero attached hydrogens (tertiary/aromatic N) is 2. The predicted molar refractivity (Wildman–Crippen MR) is 105 cm³/mol. The number of rotatable bonds is 7. The molecule has 0 radical (unpaired) electrons. The molecular formula is C20H24ClN3O2. The molecule has 0 bridgehead atoms. The molecule has 0 spiro atoms. The van der Waals surface area contributed by atoms with Gasteiger partial charge in [-0.1, -0.05) is 48.0 Å². The first kappa shape index (κ1) is 19.9. The van der Waals surface area contributed by atoms with Crippen molar-refractivity contribution in [3.63, 3.8) is 0 Å². The molecular weight excluding hydrogens is 350 g/mol. The Morgan fingerprint density at radius 2 is 1.65 bits per heavy atom. The number of carbonyl (C=O) groups is 2. The van der Waals surface area contributed by atoms with Gasteiger partial charge in [0, 0.05) is 13.6 Å². The summed E-state index contributed by atoms with van der Waals surface area (Å²) in [5, 5.41) is 3.18. The largest absolute Gasteiger partial charge is 0.335 e. The van der Waals surface area contributed by atoms with Crippen molar-refractivity contribution in [2.45, 2.75) is 13.5 Å². The average Bonchev–Trinajstić information content (AvgIpc) is 2.59. The molecule has 2 amide bonds. The number of amides is 2. The molecule has 0 saturated carbocycles. The minimum Gasteiger partial charge on any atom is -0.335 e. The van der Waals surface area contributed by atoms with Gasteiger partial charge >= 0.3 is 0 Å². The van der Waals surface area contributed by atoms with Crippen LogP contribution in [0.5, 0.6) is 0 Å².